The summed E-state index contributed by atoms with van der Waals surface area (Å²) in [5.41, 5.74) is 1.83. The minimum Gasteiger partial charge on any atom is -0.418 e. The van der Waals surface area contributed by atoms with Crippen molar-refractivity contribution in [3.05, 3.63) is 60.2 Å². The molecule has 1 heterocycles. The number of hydrogen-bond donors (Lipinski definition) is 0. The maximum Gasteiger partial charge on any atom is 0.280 e. The lowest BCUT2D eigenvalue weighted by Gasteiger charge is -2.02. The SMILES string of the molecule is S=C(Oc1nc2ccccc2s1)c1ccccc1. The highest BCUT2D eigenvalue weighted by Gasteiger charge is 2.08. The zero-order valence-corrected chi connectivity index (χ0v) is 11.0. The average molecular weight is 271 g/mol. The van der Waals surface area contributed by atoms with E-state index in [-0.39, 0.29) is 0 Å². The summed E-state index contributed by atoms with van der Waals surface area (Å²) in [4.78, 5) is 4.39. The van der Waals surface area contributed by atoms with Gasteiger partial charge in [-0.3, -0.25) is 0 Å². The molecule has 0 aliphatic rings. The number of ether oxygens (including phenoxy) is 1. The topological polar surface area (TPSA) is 22.1 Å². The van der Waals surface area contributed by atoms with Crippen LogP contribution in [0.15, 0.2) is 54.6 Å². The van der Waals surface area contributed by atoms with E-state index in [0.29, 0.717) is 10.2 Å². The van der Waals surface area contributed by atoms with Crippen molar-refractivity contribution >= 4 is 38.8 Å². The van der Waals surface area contributed by atoms with Gasteiger partial charge in [0.1, 0.15) is 0 Å². The molecule has 0 saturated carbocycles. The maximum atomic E-state index is 5.62. The quantitative estimate of drug-likeness (QED) is 0.656. The Morgan fingerprint density at radius 2 is 1.72 bits per heavy atom. The van der Waals surface area contributed by atoms with Crippen LogP contribution in [0.3, 0.4) is 0 Å². The Kier molecular flexibility index (Phi) is 3.04. The normalized spacial score (nSPS) is 10.4. The van der Waals surface area contributed by atoms with Gasteiger partial charge in [-0.2, -0.15) is 0 Å². The zero-order valence-electron chi connectivity index (χ0n) is 9.37. The van der Waals surface area contributed by atoms with E-state index >= 15 is 0 Å². The first-order valence-corrected chi connectivity index (χ1v) is 6.68. The summed E-state index contributed by atoms with van der Waals surface area (Å²) in [6, 6.07) is 17.6. The highest BCUT2D eigenvalue weighted by atomic mass is 32.1. The Morgan fingerprint density at radius 1 is 1.00 bits per heavy atom. The van der Waals surface area contributed by atoms with Crippen LogP contribution in [0.5, 0.6) is 5.19 Å². The zero-order chi connectivity index (χ0) is 12.4. The molecule has 3 rings (SSSR count). The standard InChI is InChI=1S/C14H9NOS2/c17-13(10-6-2-1-3-7-10)16-14-15-11-8-4-5-9-12(11)18-14/h1-9H. The molecule has 2 nitrogen and oxygen atoms in total. The lowest BCUT2D eigenvalue weighted by Crippen LogP contribution is -2.06. The van der Waals surface area contributed by atoms with Crippen LogP contribution in [0.2, 0.25) is 0 Å². The van der Waals surface area contributed by atoms with Crippen molar-refractivity contribution in [3.8, 4) is 5.19 Å². The van der Waals surface area contributed by atoms with Crippen molar-refractivity contribution in [2.45, 2.75) is 0 Å². The van der Waals surface area contributed by atoms with Crippen LogP contribution in [-0.4, -0.2) is 10.0 Å². The smallest absolute Gasteiger partial charge is 0.280 e. The largest absolute Gasteiger partial charge is 0.418 e. The molecule has 88 valence electrons. The van der Waals surface area contributed by atoms with Crippen LogP contribution >= 0.6 is 23.6 Å². The van der Waals surface area contributed by atoms with Gasteiger partial charge in [-0.1, -0.05) is 53.8 Å². The van der Waals surface area contributed by atoms with E-state index in [4.69, 9.17) is 17.0 Å². The first-order valence-electron chi connectivity index (χ1n) is 5.46. The van der Waals surface area contributed by atoms with Gasteiger partial charge in [0.15, 0.2) is 0 Å². The summed E-state index contributed by atoms with van der Waals surface area (Å²) >= 11 is 6.75. The van der Waals surface area contributed by atoms with Gasteiger partial charge in [0.2, 0.25) is 5.05 Å². The molecule has 18 heavy (non-hydrogen) atoms. The molecule has 0 N–H and O–H groups in total. The second-order valence-electron chi connectivity index (χ2n) is 3.70. The van der Waals surface area contributed by atoms with Crippen LogP contribution in [0.25, 0.3) is 10.2 Å². The third kappa shape index (κ3) is 2.25. The molecule has 0 saturated heterocycles. The molecule has 4 heteroatoms. The number of thiazole rings is 1. The Balaban J connectivity index is 1.86. The summed E-state index contributed by atoms with van der Waals surface area (Å²) < 4.78 is 6.72. The van der Waals surface area contributed by atoms with Gasteiger partial charge < -0.3 is 4.74 Å². The van der Waals surface area contributed by atoms with Crippen molar-refractivity contribution < 1.29 is 4.74 Å². The summed E-state index contributed by atoms with van der Waals surface area (Å²) in [6.45, 7) is 0. The van der Waals surface area contributed by atoms with Gasteiger partial charge in [-0.25, -0.2) is 4.98 Å². The Labute approximate surface area is 114 Å². The predicted molar refractivity (Wildman–Crippen MR) is 78.4 cm³/mol. The number of para-hydroxylation sites is 1. The fraction of sp³-hybridized carbons (Fsp3) is 0. The third-order valence-corrected chi connectivity index (χ3v) is 3.70. The van der Waals surface area contributed by atoms with Gasteiger partial charge in [0.05, 0.1) is 10.2 Å². The fourth-order valence-corrected chi connectivity index (χ4v) is 2.70. The fourth-order valence-electron chi connectivity index (χ4n) is 1.61. The monoisotopic (exact) mass is 271 g/mol. The summed E-state index contributed by atoms with van der Waals surface area (Å²) in [7, 11) is 0. The molecule has 0 unspecified atom stereocenters. The molecular formula is C14H9NOS2. The summed E-state index contributed by atoms with van der Waals surface area (Å²) in [5, 5.41) is 1.04. The lowest BCUT2D eigenvalue weighted by molar-refractivity contribution is 0.563. The predicted octanol–water partition coefficient (Wildman–Crippen LogP) is 4.05. The number of aromatic nitrogens is 1. The molecule has 0 amide bonds. The highest BCUT2D eigenvalue weighted by Crippen LogP contribution is 2.27. The van der Waals surface area contributed by atoms with Crippen LogP contribution in [0, 0.1) is 0 Å². The molecule has 0 bridgehead atoms. The van der Waals surface area contributed by atoms with Gasteiger partial charge >= 0.3 is 0 Å². The molecule has 0 aliphatic heterocycles. The van der Waals surface area contributed by atoms with Gasteiger partial charge in [0.25, 0.3) is 5.19 Å². The first-order chi connectivity index (χ1) is 8.83. The van der Waals surface area contributed by atoms with Crippen LogP contribution in [0.1, 0.15) is 5.56 Å². The van der Waals surface area contributed by atoms with Gasteiger partial charge in [0, 0.05) is 5.56 Å². The lowest BCUT2D eigenvalue weighted by atomic mass is 10.2. The van der Waals surface area contributed by atoms with E-state index in [0.717, 1.165) is 15.8 Å². The van der Waals surface area contributed by atoms with Crippen molar-refractivity contribution in [1.82, 2.24) is 4.98 Å². The molecule has 2 aromatic carbocycles. The first kappa shape index (κ1) is 11.3. The van der Waals surface area contributed by atoms with Crippen molar-refractivity contribution in [1.29, 1.82) is 0 Å². The summed E-state index contributed by atoms with van der Waals surface area (Å²) in [6.07, 6.45) is 0. The van der Waals surface area contributed by atoms with E-state index in [1.807, 2.05) is 54.6 Å². The number of nitrogens with zero attached hydrogens (tertiary/aromatic N) is 1. The molecule has 0 spiro atoms. The highest BCUT2D eigenvalue weighted by molar-refractivity contribution is 7.80. The second kappa shape index (κ2) is 4.84. The molecule has 1 aromatic heterocycles. The van der Waals surface area contributed by atoms with Crippen molar-refractivity contribution in [2.75, 3.05) is 0 Å². The Bertz CT molecular complexity index is 658. The second-order valence-corrected chi connectivity index (χ2v) is 5.07. The number of rotatable bonds is 2. The van der Waals surface area contributed by atoms with Gasteiger partial charge in [-0.15, -0.1) is 0 Å². The molecule has 0 atom stereocenters. The molecule has 3 aromatic rings. The number of fused-ring (bicyclic) bond motifs is 1. The number of benzene rings is 2. The Hall–Kier alpha value is -1.78. The van der Waals surface area contributed by atoms with Crippen LogP contribution in [-0.2, 0) is 0 Å². The van der Waals surface area contributed by atoms with Crippen LogP contribution < -0.4 is 4.74 Å². The summed E-state index contributed by atoms with van der Waals surface area (Å²) in [5.74, 6) is 0. The van der Waals surface area contributed by atoms with E-state index in [2.05, 4.69) is 4.98 Å². The molecule has 0 aliphatic carbocycles. The van der Waals surface area contributed by atoms with Crippen LogP contribution in [0.4, 0.5) is 0 Å². The average Bonchev–Trinajstić information content (AvgIpc) is 2.82. The van der Waals surface area contributed by atoms with E-state index in [9.17, 15) is 0 Å². The number of thiocarbonyl (C=S) groups is 1. The maximum absolute atomic E-state index is 5.62. The van der Waals surface area contributed by atoms with Gasteiger partial charge in [-0.05, 0) is 24.4 Å². The third-order valence-electron chi connectivity index (χ3n) is 2.46. The number of hydrogen-bond acceptors (Lipinski definition) is 4. The van der Waals surface area contributed by atoms with E-state index in [1.165, 1.54) is 11.3 Å². The minimum absolute atomic E-state index is 0.453. The molecule has 0 fully saturated rings. The van der Waals surface area contributed by atoms with Crippen molar-refractivity contribution in [3.63, 3.8) is 0 Å². The van der Waals surface area contributed by atoms with E-state index < -0.39 is 0 Å². The minimum atomic E-state index is 0.453. The van der Waals surface area contributed by atoms with E-state index in [1.54, 1.807) is 0 Å². The molecule has 0 radical (unpaired) electrons. The molecular weight excluding hydrogens is 262 g/mol. The van der Waals surface area contributed by atoms with Crippen molar-refractivity contribution in [2.24, 2.45) is 0 Å². The Morgan fingerprint density at radius 3 is 2.50 bits per heavy atom.